The lowest BCUT2D eigenvalue weighted by Crippen LogP contribution is -2.25. The first-order chi connectivity index (χ1) is 12.1. The monoisotopic (exact) mass is 369 g/mol. The van der Waals surface area contributed by atoms with Crippen molar-refractivity contribution in [1.82, 2.24) is 0 Å². The van der Waals surface area contributed by atoms with Crippen LogP contribution in [0.15, 0.2) is 12.3 Å². The van der Waals surface area contributed by atoms with Gasteiger partial charge in [0.05, 0.1) is 36.9 Å². The number of esters is 2. The first-order valence-corrected chi connectivity index (χ1v) is 8.36. The van der Waals surface area contributed by atoms with Crippen LogP contribution in [0.3, 0.4) is 0 Å². The van der Waals surface area contributed by atoms with Gasteiger partial charge in [-0.25, -0.2) is 0 Å². The molecule has 0 heterocycles. The highest BCUT2D eigenvalue weighted by atomic mass is 16.6. The predicted octanol–water partition coefficient (Wildman–Crippen LogP) is 1.66. The standard InChI is InChI=1S/C18H27NO7/c1-12(10-19)7-15(4)26-16(11-25-18(23)9-14(3)21)5-6-24-17(22)8-13(2)20/h12-13,16,20H,4-9,11H2,1-3H3/t12?,13?,16-/m0/s1. The van der Waals surface area contributed by atoms with Gasteiger partial charge in [0.1, 0.15) is 24.9 Å². The van der Waals surface area contributed by atoms with E-state index in [0.29, 0.717) is 12.2 Å². The average molecular weight is 369 g/mol. The minimum Gasteiger partial charge on any atom is -0.492 e. The number of rotatable bonds is 13. The molecule has 146 valence electrons. The minimum absolute atomic E-state index is 0.00155. The van der Waals surface area contributed by atoms with E-state index in [9.17, 15) is 14.4 Å². The zero-order valence-corrected chi connectivity index (χ0v) is 15.5. The van der Waals surface area contributed by atoms with Crippen molar-refractivity contribution in [3.05, 3.63) is 12.3 Å². The summed E-state index contributed by atoms with van der Waals surface area (Å²) in [5.41, 5.74) is 0. The normalized spacial score (nSPS) is 13.7. The Bertz CT molecular complexity index is 536. The second-order valence-electron chi connectivity index (χ2n) is 6.14. The highest BCUT2D eigenvalue weighted by molar-refractivity contribution is 5.94. The van der Waals surface area contributed by atoms with Crippen molar-refractivity contribution in [3.8, 4) is 6.07 Å². The third-order valence-corrected chi connectivity index (χ3v) is 3.08. The molecule has 0 bridgehead atoms. The van der Waals surface area contributed by atoms with Crippen LogP contribution in [0, 0.1) is 17.2 Å². The molecule has 0 rings (SSSR count). The summed E-state index contributed by atoms with van der Waals surface area (Å²) < 4.78 is 15.6. The lowest BCUT2D eigenvalue weighted by molar-refractivity contribution is -0.152. The molecule has 8 heteroatoms. The van der Waals surface area contributed by atoms with Gasteiger partial charge in [0.25, 0.3) is 0 Å². The van der Waals surface area contributed by atoms with Crippen LogP contribution in [0.25, 0.3) is 0 Å². The molecule has 0 radical (unpaired) electrons. The van der Waals surface area contributed by atoms with Crippen LogP contribution in [-0.4, -0.2) is 48.3 Å². The van der Waals surface area contributed by atoms with E-state index < -0.39 is 24.1 Å². The van der Waals surface area contributed by atoms with Gasteiger partial charge in [0.15, 0.2) is 0 Å². The molecule has 0 amide bonds. The van der Waals surface area contributed by atoms with E-state index in [1.54, 1.807) is 6.92 Å². The van der Waals surface area contributed by atoms with Gasteiger partial charge >= 0.3 is 11.9 Å². The number of hydrogen-bond donors (Lipinski definition) is 1. The molecular weight excluding hydrogens is 342 g/mol. The van der Waals surface area contributed by atoms with E-state index in [1.807, 2.05) is 0 Å². The number of nitrogens with zero attached hydrogens (tertiary/aromatic N) is 1. The topological polar surface area (TPSA) is 123 Å². The number of aliphatic hydroxyl groups is 1. The van der Waals surface area contributed by atoms with Crippen molar-refractivity contribution in [2.24, 2.45) is 5.92 Å². The van der Waals surface area contributed by atoms with Crippen molar-refractivity contribution in [2.75, 3.05) is 13.2 Å². The van der Waals surface area contributed by atoms with E-state index in [-0.39, 0.29) is 44.2 Å². The van der Waals surface area contributed by atoms with E-state index >= 15 is 0 Å². The van der Waals surface area contributed by atoms with Crippen LogP contribution in [0.4, 0.5) is 0 Å². The van der Waals surface area contributed by atoms with Crippen molar-refractivity contribution in [1.29, 1.82) is 5.26 Å². The van der Waals surface area contributed by atoms with E-state index in [1.165, 1.54) is 13.8 Å². The lowest BCUT2D eigenvalue weighted by Gasteiger charge is -2.21. The molecule has 26 heavy (non-hydrogen) atoms. The Hall–Kier alpha value is -2.40. The Balaban J connectivity index is 4.54. The van der Waals surface area contributed by atoms with Crippen LogP contribution in [0.1, 0.15) is 46.5 Å². The van der Waals surface area contributed by atoms with Gasteiger partial charge in [-0.2, -0.15) is 5.26 Å². The lowest BCUT2D eigenvalue weighted by atomic mass is 10.1. The summed E-state index contributed by atoms with van der Waals surface area (Å²) >= 11 is 0. The summed E-state index contributed by atoms with van der Waals surface area (Å²) in [4.78, 5) is 33.8. The number of ketones is 1. The molecule has 1 N–H and O–H groups in total. The molecule has 3 atom stereocenters. The Kier molecular flexibility index (Phi) is 11.7. The number of ether oxygens (including phenoxy) is 3. The van der Waals surface area contributed by atoms with Gasteiger partial charge in [-0.1, -0.05) is 6.58 Å². The van der Waals surface area contributed by atoms with Crippen LogP contribution >= 0.6 is 0 Å². The van der Waals surface area contributed by atoms with E-state index in [0.717, 1.165) is 0 Å². The Labute approximate surface area is 153 Å². The molecule has 0 saturated carbocycles. The molecule has 0 saturated heterocycles. The second-order valence-corrected chi connectivity index (χ2v) is 6.14. The van der Waals surface area contributed by atoms with Gasteiger partial charge in [0, 0.05) is 12.8 Å². The molecule has 0 aliphatic heterocycles. The molecule has 0 aromatic carbocycles. The molecule has 0 fully saturated rings. The van der Waals surface area contributed by atoms with Crippen molar-refractivity contribution < 1.29 is 33.7 Å². The number of nitriles is 1. The average Bonchev–Trinajstić information content (AvgIpc) is 2.50. The summed E-state index contributed by atoms with van der Waals surface area (Å²) in [6.07, 6.45) is -1.35. The van der Waals surface area contributed by atoms with E-state index in [4.69, 9.17) is 24.6 Å². The Morgan fingerprint density at radius 3 is 2.35 bits per heavy atom. The summed E-state index contributed by atoms with van der Waals surface area (Å²) in [7, 11) is 0. The Morgan fingerprint density at radius 1 is 1.15 bits per heavy atom. The quantitative estimate of drug-likeness (QED) is 0.295. The fraction of sp³-hybridized carbons (Fsp3) is 0.667. The maximum atomic E-state index is 11.5. The highest BCUT2D eigenvalue weighted by Crippen LogP contribution is 2.14. The SMILES string of the molecule is C=C(CC(C)C#N)O[C@@H](CCOC(=O)CC(C)O)COC(=O)CC(C)=O. The van der Waals surface area contributed by atoms with Crippen LogP contribution in [0.2, 0.25) is 0 Å². The zero-order chi connectivity index (χ0) is 20.1. The molecule has 0 aliphatic carbocycles. The molecule has 8 nitrogen and oxygen atoms in total. The van der Waals surface area contributed by atoms with Crippen LogP contribution < -0.4 is 0 Å². The third-order valence-electron chi connectivity index (χ3n) is 3.08. The number of Topliss-reactive ketones (excluding diaryl/α,β-unsaturated/α-hetero) is 1. The van der Waals surface area contributed by atoms with Crippen molar-refractivity contribution >= 4 is 17.7 Å². The van der Waals surface area contributed by atoms with Crippen molar-refractivity contribution in [2.45, 2.75) is 58.7 Å². The van der Waals surface area contributed by atoms with Gasteiger partial charge in [-0.15, -0.1) is 0 Å². The van der Waals surface area contributed by atoms with Crippen LogP contribution in [-0.2, 0) is 28.6 Å². The summed E-state index contributed by atoms with van der Waals surface area (Å²) in [6.45, 7) is 8.06. The molecular formula is C18H27NO7. The number of hydrogen-bond acceptors (Lipinski definition) is 8. The minimum atomic E-state index is -0.797. The van der Waals surface area contributed by atoms with Gasteiger partial charge < -0.3 is 19.3 Å². The van der Waals surface area contributed by atoms with E-state index in [2.05, 4.69) is 12.6 Å². The maximum Gasteiger partial charge on any atom is 0.313 e. The smallest absolute Gasteiger partial charge is 0.313 e. The molecule has 2 unspecified atom stereocenters. The first-order valence-electron chi connectivity index (χ1n) is 8.36. The molecule has 0 aromatic rings. The summed E-state index contributed by atoms with van der Waals surface area (Å²) in [5, 5.41) is 18.0. The van der Waals surface area contributed by atoms with Crippen LogP contribution in [0.5, 0.6) is 0 Å². The maximum absolute atomic E-state index is 11.5. The summed E-state index contributed by atoms with van der Waals surface area (Å²) in [6, 6.07) is 2.06. The van der Waals surface area contributed by atoms with Gasteiger partial charge in [-0.05, 0) is 20.8 Å². The first kappa shape index (κ1) is 23.6. The number of carbonyl (C=O) groups is 3. The zero-order valence-electron chi connectivity index (χ0n) is 15.5. The second kappa shape index (κ2) is 12.9. The number of carbonyl (C=O) groups excluding carboxylic acids is 3. The molecule has 0 aromatic heterocycles. The van der Waals surface area contributed by atoms with Gasteiger partial charge in [0.2, 0.25) is 0 Å². The van der Waals surface area contributed by atoms with Gasteiger partial charge in [-0.3, -0.25) is 14.4 Å². The molecule has 0 aliphatic rings. The number of aliphatic hydroxyl groups excluding tert-OH is 1. The summed E-state index contributed by atoms with van der Waals surface area (Å²) in [5.74, 6) is -1.47. The Morgan fingerprint density at radius 2 is 1.81 bits per heavy atom. The fourth-order valence-corrected chi connectivity index (χ4v) is 1.89. The largest absolute Gasteiger partial charge is 0.492 e. The predicted molar refractivity (Wildman–Crippen MR) is 91.5 cm³/mol. The molecule has 0 spiro atoms. The third kappa shape index (κ3) is 13.0. The highest BCUT2D eigenvalue weighted by Gasteiger charge is 2.18. The van der Waals surface area contributed by atoms with Crippen molar-refractivity contribution in [3.63, 3.8) is 0 Å². The number of allylic oxidation sites excluding steroid dienone is 1. The fourth-order valence-electron chi connectivity index (χ4n) is 1.89.